The summed E-state index contributed by atoms with van der Waals surface area (Å²) in [6.45, 7) is 4.05. The van der Waals surface area contributed by atoms with Crippen LogP contribution < -0.4 is 5.73 Å². The highest BCUT2D eigenvalue weighted by atomic mass is 14.7. The molecular weight excluding hydrogens is 110 g/mol. The summed E-state index contributed by atoms with van der Waals surface area (Å²) in [7, 11) is 0. The molecule has 2 aliphatic rings. The highest BCUT2D eigenvalue weighted by Gasteiger charge is 2.40. The molecule has 0 amide bonds. The third-order valence-electron chi connectivity index (χ3n) is 2.90. The molecule has 3 atom stereocenters. The van der Waals surface area contributed by atoms with Gasteiger partial charge in [0.05, 0.1) is 0 Å². The van der Waals surface area contributed by atoms with Gasteiger partial charge in [0.25, 0.3) is 0 Å². The SMILES string of the molecule is C=C1C2CCC1[C@@H](N)C2. The monoisotopic (exact) mass is 123 g/mol. The summed E-state index contributed by atoms with van der Waals surface area (Å²) in [5.74, 6) is 1.49. The normalized spacial score (nSPS) is 48.6. The summed E-state index contributed by atoms with van der Waals surface area (Å²) >= 11 is 0. The maximum atomic E-state index is 5.85. The van der Waals surface area contributed by atoms with Gasteiger partial charge in [-0.25, -0.2) is 0 Å². The van der Waals surface area contributed by atoms with Crippen LogP contribution in [0.4, 0.5) is 0 Å². The van der Waals surface area contributed by atoms with Gasteiger partial charge < -0.3 is 5.73 Å². The molecule has 0 heterocycles. The van der Waals surface area contributed by atoms with Crippen LogP contribution in [-0.4, -0.2) is 6.04 Å². The predicted molar refractivity (Wildman–Crippen MR) is 37.9 cm³/mol. The fourth-order valence-corrected chi connectivity index (χ4v) is 2.31. The molecular formula is C8H13N. The fraction of sp³-hybridized carbons (Fsp3) is 0.750. The number of nitrogens with two attached hydrogens (primary N) is 1. The number of hydrogen-bond acceptors (Lipinski definition) is 1. The van der Waals surface area contributed by atoms with Crippen LogP contribution in [0.25, 0.3) is 0 Å². The van der Waals surface area contributed by atoms with Crippen molar-refractivity contribution in [3.63, 3.8) is 0 Å². The van der Waals surface area contributed by atoms with Crippen molar-refractivity contribution in [1.29, 1.82) is 0 Å². The van der Waals surface area contributed by atoms with Crippen LogP contribution in [0, 0.1) is 11.8 Å². The van der Waals surface area contributed by atoms with Crippen LogP contribution in [0.1, 0.15) is 19.3 Å². The van der Waals surface area contributed by atoms with Crippen LogP contribution in [0.15, 0.2) is 12.2 Å². The van der Waals surface area contributed by atoms with E-state index in [9.17, 15) is 0 Å². The molecule has 2 unspecified atom stereocenters. The summed E-state index contributed by atoms with van der Waals surface area (Å²) in [5, 5.41) is 0. The molecule has 2 bridgehead atoms. The van der Waals surface area contributed by atoms with Gasteiger partial charge in [0.1, 0.15) is 0 Å². The van der Waals surface area contributed by atoms with Gasteiger partial charge in [-0.1, -0.05) is 12.2 Å². The minimum absolute atomic E-state index is 0.455. The number of hydrogen-bond donors (Lipinski definition) is 1. The topological polar surface area (TPSA) is 26.0 Å². The lowest BCUT2D eigenvalue weighted by Crippen LogP contribution is -2.26. The zero-order chi connectivity index (χ0) is 6.43. The summed E-state index contributed by atoms with van der Waals surface area (Å²) in [5.41, 5.74) is 7.30. The van der Waals surface area contributed by atoms with Crippen LogP contribution in [0.2, 0.25) is 0 Å². The van der Waals surface area contributed by atoms with Crippen LogP contribution in [0.3, 0.4) is 0 Å². The van der Waals surface area contributed by atoms with Gasteiger partial charge in [-0.05, 0) is 31.1 Å². The van der Waals surface area contributed by atoms with E-state index < -0.39 is 0 Å². The Bertz CT molecular complexity index is 151. The molecule has 0 aliphatic heterocycles. The Morgan fingerprint density at radius 3 is 2.44 bits per heavy atom. The van der Waals surface area contributed by atoms with Crippen molar-refractivity contribution in [1.82, 2.24) is 0 Å². The molecule has 2 fully saturated rings. The van der Waals surface area contributed by atoms with Gasteiger partial charge in [0.2, 0.25) is 0 Å². The smallest absolute Gasteiger partial charge is 0.0110 e. The Labute approximate surface area is 55.9 Å². The molecule has 1 heteroatoms. The standard InChI is InChI=1S/C8H13N/c1-5-6-2-3-7(5)8(9)4-6/h6-8H,1-4,9H2/t6?,7?,8-/m0/s1. The zero-order valence-corrected chi connectivity index (χ0v) is 5.64. The Kier molecular flexibility index (Phi) is 0.974. The molecule has 2 N–H and O–H groups in total. The van der Waals surface area contributed by atoms with Gasteiger partial charge in [-0.2, -0.15) is 0 Å². The van der Waals surface area contributed by atoms with Crippen LogP contribution in [0.5, 0.6) is 0 Å². The molecule has 0 spiro atoms. The molecule has 2 rings (SSSR count). The van der Waals surface area contributed by atoms with E-state index in [1.165, 1.54) is 24.8 Å². The van der Waals surface area contributed by atoms with Crippen molar-refractivity contribution in [3.05, 3.63) is 12.2 Å². The maximum Gasteiger partial charge on any atom is 0.0110 e. The van der Waals surface area contributed by atoms with Crippen LogP contribution in [-0.2, 0) is 0 Å². The Balaban J connectivity index is 2.26. The fourth-order valence-electron chi connectivity index (χ4n) is 2.31. The third-order valence-corrected chi connectivity index (χ3v) is 2.90. The van der Waals surface area contributed by atoms with Crippen LogP contribution >= 0.6 is 0 Å². The quantitative estimate of drug-likeness (QED) is 0.483. The van der Waals surface area contributed by atoms with Crippen molar-refractivity contribution < 1.29 is 0 Å². The average molecular weight is 123 g/mol. The van der Waals surface area contributed by atoms with Crippen molar-refractivity contribution in [2.45, 2.75) is 25.3 Å². The molecule has 2 aliphatic carbocycles. The van der Waals surface area contributed by atoms with Crippen molar-refractivity contribution in [2.24, 2.45) is 17.6 Å². The van der Waals surface area contributed by atoms with E-state index in [2.05, 4.69) is 6.58 Å². The van der Waals surface area contributed by atoms with E-state index >= 15 is 0 Å². The van der Waals surface area contributed by atoms with Gasteiger partial charge >= 0.3 is 0 Å². The van der Waals surface area contributed by atoms with E-state index in [4.69, 9.17) is 5.73 Å². The Morgan fingerprint density at radius 1 is 1.44 bits per heavy atom. The molecule has 9 heavy (non-hydrogen) atoms. The predicted octanol–water partition coefficient (Wildman–Crippen LogP) is 1.30. The second kappa shape index (κ2) is 1.60. The Morgan fingerprint density at radius 2 is 2.22 bits per heavy atom. The summed E-state index contributed by atoms with van der Waals surface area (Å²) in [4.78, 5) is 0. The lowest BCUT2D eigenvalue weighted by atomic mass is 9.96. The van der Waals surface area contributed by atoms with E-state index in [1.54, 1.807) is 0 Å². The summed E-state index contributed by atoms with van der Waals surface area (Å²) < 4.78 is 0. The first-order valence-electron chi connectivity index (χ1n) is 3.73. The number of rotatable bonds is 0. The van der Waals surface area contributed by atoms with E-state index in [0.29, 0.717) is 12.0 Å². The van der Waals surface area contributed by atoms with Crippen molar-refractivity contribution >= 4 is 0 Å². The third kappa shape index (κ3) is 0.584. The lowest BCUT2D eigenvalue weighted by Gasteiger charge is -2.14. The van der Waals surface area contributed by atoms with E-state index in [-0.39, 0.29) is 0 Å². The molecule has 0 aromatic carbocycles. The highest BCUT2D eigenvalue weighted by molar-refractivity contribution is 5.20. The first-order chi connectivity index (χ1) is 4.29. The minimum Gasteiger partial charge on any atom is -0.327 e. The van der Waals surface area contributed by atoms with Gasteiger partial charge in [0, 0.05) is 6.04 Å². The molecule has 2 saturated carbocycles. The van der Waals surface area contributed by atoms with Crippen molar-refractivity contribution in [2.75, 3.05) is 0 Å². The highest BCUT2D eigenvalue weighted by Crippen LogP contribution is 2.46. The zero-order valence-electron chi connectivity index (χ0n) is 5.64. The molecule has 0 aromatic heterocycles. The Hall–Kier alpha value is -0.300. The van der Waals surface area contributed by atoms with Crippen molar-refractivity contribution in [3.8, 4) is 0 Å². The average Bonchev–Trinajstić information content (AvgIpc) is 2.25. The first kappa shape index (κ1) is 5.48. The first-order valence-corrected chi connectivity index (χ1v) is 3.73. The van der Waals surface area contributed by atoms with E-state index in [0.717, 1.165) is 5.92 Å². The minimum atomic E-state index is 0.455. The largest absolute Gasteiger partial charge is 0.327 e. The van der Waals surface area contributed by atoms with E-state index in [1.807, 2.05) is 0 Å². The maximum absolute atomic E-state index is 5.85. The molecule has 0 saturated heterocycles. The lowest BCUT2D eigenvalue weighted by molar-refractivity contribution is 0.419. The second-order valence-electron chi connectivity index (χ2n) is 3.36. The number of fused-ring (bicyclic) bond motifs is 2. The molecule has 0 aromatic rings. The molecule has 50 valence electrons. The molecule has 1 nitrogen and oxygen atoms in total. The summed E-state index contributed by atoms with van der Waals surface area (Å²) in [6, 6.07) is 0.455. The summed E-state index contributed by atoms with van der Waals surface area (Å²) in [6.07, 6.45) is 3.88. The van der Waals surface area contributed by atoms with Gasteiger partial charge in [0.15, 0.2) is 0 Å². The second-order valence-corrected chi connectivity index (χ2v) is 3.36. The van der Waals surface area contributed by atoms with Gasteiger partial charge in [-0.15, -0.1) is 0 Å². The molecule has 0 radical (unpaired) electrons. The van der Waals surface area contributed by atoms with Gasteiger partial charge in [-0.3, -0.25) is 0 Å².